The summed E-state index contributed by atoms with van der Waals surface area (Å²) < 4.78 is 40.5. The van der Waals surface area contributed by atoms with E-state index < -0.39 is 29.8 Å². The summed E-state index contributed by atoms with van der Waals surface area (Å²) in [5.74, 6) is -3.23. The molecular weight excluding hydrogens is 457 g/mol. The van der Waals surface area contributed by atoms with Crippen molar-refractivity contribution in [1.82, 2.24) is 15.2 Å². The van der Waals surface area contributed by atoms with Crippen LogP contribution in [0.5, 0.6) is 0 Å². The van der Waals surface area contributed by atoms with Crippen LogP contribution >= 0.6 is 0 Å². The second kappa shape index (κ2) is 10.7. The quantitative estimate of drug-likeness (QED) is 0.319. The first-order valence-corrected chi connectivity index (χ1v) is 11.4. The molecule has 2 aromatic carbocycles. The van der Waals surface area contributed by atoms with Crippen LogP contribution in [0.4, 0.5) is 24.7 Å². The number of aliphatic hydroxyl groups excluding tert-OH is 2. The molecule has 0 saturated carbocycles. The van der Waals surface area contributed by atoms with Gasteiger partial charge in [0.25, 0.3) is 0 Å². The number of hydrogen-bond acceptors (Lipinski definition) is 6. The lowest BCUT2D eigenvalue weighted by Gasteiger charge is -2.22. The molecule has 1 aliphatic heterocycles. The molecule has 0 spiro atoms. The SMILES string of the molecule is CN(C)CC(O)CNC(O)c1cccc2c1CCN2c1cc(Cc2cc(F)c(F)c(F)c2)ccn1. The highest BCUT2D eigenvalue weighted by Crippen LogP contribution is 2.37. The van der Waals surface area contributed by atoms with Gasteiger partial charge < -0.3 is 20.0 Å². The number of aliphatic hydroxyl groups is 2. The van der Waals surface area contributed by atoms with Crippen LogP contribution in [-0.2, 0) is 12.8 Å². The van der Waals surface area contributed by atoms with Gasteiger partial charge in [-0.15, -0.1) is 0 Å². The summed E-state index contributed by atoms with van der Waals surface area (Å²) in [7, 11) is 3.75. The zero-order valence-electron chi connectivity index (χ0n) is 19.7. The molecule has 35 heavy (non-hydrogen) atoms. The average Bonchev–Trinajstić information content (AvgIpc) is 3.25. The van der Waals surface area contributed by atoms with Crippen LogP contribution in [0.2, 0.25) is 0 Å². The third-order valence-electron chi connectivity index (χ3n) is 6.02. The van der Waals surface area contributed by atoms with Crippen LogP contribution in [0.25, 0.3) is 0 Å². The van der Waals surface area contributed by atoms with Crippen LogP contribution < -0.4 is 10.2 Å². The summed E-state index contributed by atoms with van der Waals surface area (Å²) in [6, 6.07) is 11.3. The Morgan fingerprint density at radius 1 is 1.06 bits per heavy atom. The van der Waals surface area contributed by atoms with Gasteiger partial charge in [-0.05, 0) is 74.0 Å². The number of halogens is 3. The normalized spacial score (nSPS) is 14.9. The topological polar surface area (TPSA) is 71.9 Å². The first-order chi connectivity index (χ1) is 16.7. The molecule has 3 aromatic rings. The Morgan fingerprint density at radius 3 is 2.51 bits per heavy atom. The number of pyridine rings is 1. The first kappa shape index (κ1) is 25.1. The lowest BCUT2D eigenvalue weighted by atomic mass is 10.0. The monoisotopic (exact) mass is 486 g/mol. The van der Waals surface area contributed by atoms with Crippen LogP contribution in [0.15, 0.2) is 48.7 Å². The fourth-order valence-electron chi connectivity index (χ4n) is 4.46. The number of fused-ring (bicyclic) bond motifs is 1. The molecule has 0 aliphatic carbocycles. The molecule has 0 amide bonds. The molecule has 9 heteroatoms. The zero-order valence-corrected chi connectivity index (χ0v) is 19.7. The molecule has 0 saturated heterocycles. The van der Waals surface area contributed by atoms with Crippen molar-refractivity contribution in [1.29, 1.82) is 0 Å². The molecule has 1 aliphatic rings. The van der Waals surface area contributed by atoms with Crippen molar-refractivity contribution in [3.05, 3.63) is 88.4 Å². The third kappa shape index (κ3) is 5.82. The predicted molar refractivity (Wildman–Crippen MR) is 128 cm³/mol. The number of anilines is 2. The molecule has 0 radical (unpaired) electrons. The Balaban J connectivity index is 1.51. The molecule has 186 valence electrons. The van der Waals surface area contributed by atoms with E-state index in [1.54, 1.807) is 12.3 Å². The Morgan fingerprint density at radius 2 is 1.80 bits per heavy atom. The number of likely N-dealkylation sites (N-methyl/N-ethyl adjacent to an activating group) is 1. The van der Waals surface area contributed by atoms with Gasteiger partial charge in [0, 0.05) is 37.1 Å². The lowest BCUT2D eigenvalue weighted by Crippen LogP contribution is -2.36. The van der Waals surface area contributed by atoms with E-state index in [2.05, 4.69) is 10.3 Å². The minimum absolute atomic E-state index is 0.224. The highest BCUT2D eigenvalue weighted by Gasteiger charge is 2.26. The van der Waals surface area contributed by atoms with E-state index in [4.69, 9.17) is 0 Å². The van der Waals surface area contributed by atoms with Crippen LogP contribution in [-0.4, -0.2) is 59.9 Å². The molecule has 1 aromatic heterocycles. The maximum absolute atomic E-state index is 13.6. The number of nitrogens with one attached hydrogen (secondary N) is 1. The molecule has 2 atom stereocenters. The van der Waals surface area contributed by atoms with E-state index in [0.717, 1.165) is 34.5 Å². The van der Waals surface area contributed by atoms with Gasteiger partial charge in [0.1, 0.15) is 12.0 Å². The highest BCUT2D eigenvalue weighted by atomic mass is 19.2. The van der Waals surface area contributed by atoms with Gasteiger partial charge in [0.15, 0.2) is 17.5 Å². The van der Waals surface area contributed by atoms with Crippen molar-refractivity contribution in [2.24, 2.45) is 0 Å². The Bertz CT molecular complexity index is 1170. The van der Waals surface area contributed by atoms with E-state index in [1.165, 1.54) is 0 Å². The summed E-state index contributed by atoms with van der Waals surface area (Å²) >= 11 is 0. The van der Waals surface area contributed by atoms with Crippen LogP contribution in [0.1, 0.15) is 28.5 Å². The Hall–Kier alpha value is -2.98. The maximum Gasteiger partial charge on any atom is 0.194 e. The fraction of sp³-hybridized carbons (Fsp3) is 0.346. The third-order valence-corrected chi connectivity index (χ3v) is 6.02. The molecule has 0 fully saturated rings. The standard InChI is InChI=1S/C26H29F3N4O2/c1-32(2)15-18(34)14-31-26(35)20-4-3-5-23-19(20)7-9-33(23)24-13-16(6-8-30-24)10-17-11-21(27)25(29)22(28)12-17/h3-6,8,11-13,18,26,31,34-35H,7,9-10,14-15H2,1-2H3. The largest absolute Gasteiger partial charge is 0.390 e. The minimum Gasteiger partial charge on any atom is -0.390 e. The molecule has 6 nitrogen and oxygen atoms in total. The van der Waals surface area contributed by atoms with Gasteiger partial charge >= 0.3 is 0 Å². The average molecular weight is 487 g/mol. The summed E-state index contributed by atoms with van der Waals surface area (Å²) in [6.45, 7) is 1.39. The molecule has 3 N–H and O–H groups in total. The van der Waals surface area contributed by atoms with E-state index >= 15 is 0 Å². The molecule has 2 heterocycles. The summed E-state index contributed by atoms with van der Waals surface area (Å²) in [5, 5.41) is 23.8. The second-order valence-corrected chi connectivity index (χ2v) is 9.05. The van der Waals surface area contributed by atoms with Crippen molar-refractivity contribution in [2.75, 3.05) is 38.6 Å². The predicted octanol–water partition coefficient (Wildman–Crippen LogP) is 3.29. The number of hydrogen-bond donors (Lipinski definition) is 3. The number of aromatic nitrogens is 1. The molecular formula is C26H29F3N4O2. The van der Waals surface area contributed by atoms with E-state index in [9.17, 15) is 23.4 Å². The summed E-state index contributed by atoms with van der Waals surface area (Å²) in [5.41, 5.74) is 3.76. The highest BCUT2D eigenvalue weighted by molar-refractivity contribution is 5.69. The van der Waals surface area contributed by atoms with Gasteiger partial charge in [-0.2, -0.15) is 0 Å². The van der Waals surface area contributed by atoms with Gasteiger partial charge in [-0.25, -0.2) is 18.2 Å². The lowest BCUT2D eigenvalue weighted by molar-refractivity contribution is 0.0885. The fourth-order valence-corrected chi connectivity index (χ4v) is 4.46. The minimum atomic E-state index is -1.47. The first-order valence-electron chi connectivity index (χ1n) is 11.4. The van der Waals surface area contributed by atoms with Crippen molar-refractivity contribution in [3.8, 4) is 0 Å². The van der Waals surface area contributed by atoms with Gasteiger partial charge in [-0.1, -0.05) is 12.1 Å². The Labute approximate surface area is 202 Å². The maximum atomic E-state index is 13.6. The van der Waals surface area contributed by atoms with Gasteiger partial charge in [0.2, 0.25) is 0 Å². The zero-order chi connectivity index (χ0) is 25.1. The summed E-state index contributed by atoms with van der Waals surface area (Å²) in [6.07, 6.45) is 1.02. The van der Waals surface area contributed by atoms with Crippen molar-refractivity contribution in [3.63, 3.8) is 0 Å². The number of rotatable bonds is 9. The molecule has 4 rings (SSSR count). The smallest absolute Gasteiger partial charge is 0.194 e. The van der Waals surface area contributed by atoms with Crippen molar-refractivity contribution in [2.45, 2.75) is 25.2 Å². The number of nitrogens with zero attached hydrogens (tertiary/aromatic N) is 3. The van der Waals surface area contributed by atoms with Crippen LogP contribution in [0.3, 0.4) is 0 Å². The molecule has 2 unspecified atom stereocenters. The van der Waals surface area contributed by atoms with E-state index in [-0.39, 0.29) is 13.0 Å². The van der Waals surface area contributed by atoms with Crippen molar-refractivity contribution < 1.29 is 23.4 Å². The van der Waals surface area contributed by atoms with E-state index in [0.29, 0.717) is 30.9 Å². The second-order valence-electron chi connectivity index (χ2n) is 9.05. The van der Waals surface area contributed by atoms with Crippen molar-refractivity contribution >= 4 is 11.5 Å². The Kier molecular flexibility index (Phi) is 7.71. The van der Waals surface area contributed by atoms with Crippen LogP contribution in [0, 0.1) is 17.5 Å². The van der Waals surface area contributed by atoms with Gasteiger partial charge in [-0.3, -0.25) is 5.32 Å². The summed E-state index contributed by atoms with van der Waals surface area (Å²) in [4.78, 5) is 8.38. The van der Waals surface area contributed by atoms with Gasteiger partial charge in [0.05, 0.1) is 6.10 Å². The molecule has 0 bridgehead atoms. The van der Waals surface area contributed by atoms with E-state index in [1.807, 2.05) is 48.2 Å². The number of benzene rings is 2.